The van der Waals surface area contributed by atoms with Crippen molar-refractivity contribution in [1.82, 2.24) is 4.98 Å². The molecule has 1 aliphatic rings. The van der Waals surface area contributed by atoms with Crippen LogP contribution in [0.1, 0.15) is 25.3 Å². The molecule has 35 heavy (non-hydrogen) atoms. The SMILES string of the molecule is C=S(C)(=O)c1ccc(N2CCC(N(c3ccc(C(C)(F)F)cc3)c3cnccc3OC)CC2)cc1. The van der Waals surface area contributed by atoms with Crippen LogP contribution in [-0.4, -0.2) is 47.6 Å². The lowest BCUT2D eigenvalue weighted by Gasteiger charge is -2.41. The molecule has 1 saturated heterocycles. The van der Waals surface area contributed by atoms with E-state index >= 15 is 0 Å². The van der Waals surface area contributed by atoms with Crippen LogP contribution in [0.25, 0.3) is 0 Å². The largest absolute Gasteiger partial charge is 0.494 e. The van der Waals surface area contributed by atoms with E-state index in [0.717, 1.165) is 54.8 Å². The number of methoxy groups -OCH3 is 1. The molecule has 0 bridgehead atoms. The van der Waals surface area contributed by atoms with E-state index in [9.17, 15) is 13.0 Å². The van der Waals surface area contributed by atoms with Crippen LogP contribution >= 0.6 is 0 Å². The second-order valence-electron chi connectivity index (χ2n) is 9.07. The summed E-state index contributed by atoms with van der Waals surface area (Å²) in [5.74, 6) is 1.54. The third kappa shape index (κ3) is 5.59. The van der Waals surface area contributed by atoms with Gasteiger partial charge in [-0.05, 0) is 64.6 Å². The zero-order valence-electron chi connectivity index (χ0n) is 20.3. The Labute approximate surface area is 206 Å². The van der Waals surface area contributed by atoms with Crippen LogP contribution in [0.5, 0.6) is 5.75 Å². The normalized spacial score (nSPS) is 16.5. The number of pyridine rings is 1. The molecule has 186 valence electrons. The van der Waals surface area contributed by atoms with Gasteiger partial charge in [-0.1, -0.05) is 12.1 Å². The highest BCUT2D eigenvalue weighted by atomic mass is 32.2. The van der Waals surface area contributed by atoms with Gasteiger partial charge in [0.1, 0.15) is 11.4 Å². The number of ether oxygens (including phenoxy) is 1. The molecule has 0 saturated carbocycles. The molecule has 2 aromatic carbocycles. The molecule has 1 aliphatic heterocycles. The summed E-state index contributed by atoms with van der Waals surface area (Å²) in [7, 11) is -0.625. The number of benzene rings is 2. The van der Waals surface area contributed by atoms with Crippen molar-refractivity contribution < 1.29 is 17.7 Å². The highest BCUT2D eigenvalue weighted by molar-refractivity contribution is 7.99. The van der Waals surface area contributed by atoms with E-state index in [1.54, 1.807) is 37.9 Å². The Bertz CT molecular complexity index is 1250. The minimum absolute atomic E-state index is 0.0177. The van der Waals surface area contributed by atoms with Crippen molar-refractivity contribution >= 4 is 32.5 Å². The van der Waals surface area contributed by atoms with E-state index in [-0.39, 0.29) is 11.6 Å². The number of hydrogen-bond acceptors (Lipinski definition) is 5. The molecule has 1 atom stereocenters. The summed E-state index contributed by atoms with van der Waals surface area (Å²) in [6, 6.07) is 16.1. The van der Waals surface area contributed by atoms with Crippen molar-refractivity contribution in [1.29, 1.82) is 0 Å². The number of halogens is 2. The van der Waals surface area contributed by atoms with Crippen molar-refractivity contribution in [3.63, 3.8) is 0 Å². The minimum Gasteiger partial charge on any atom is -0.494 e. The maximum Gasteiger partial charge on any atom is 0.270 e. The third-order valence-electron chi connectivity index (χ3n) is 6.42. The number of nitrogens with zero attached hydrogens (tertiary/aromatic N) is 3. The zero-order chi connectivity index (χ0) is 25.2. The summed E-state index contributed by atoms with van der Waals surface area (Å²) in [6.45, 7) is 2.54. The standard InChI is InChI=1S/C27H31F2N3O2S/c1-27(28,29)20-5-7-22(8-6-20)32(25-19-30-16-13-26(25)34-2)23-14-17-31(18-15-23)21-9-11-24(12-10-21)35(3,4)33/h5-13,16,19,23H,3,14-15,17-18H2,1-2,4H3. The van der Waals surface area contributed by atoms with Crippen molar-refractivity contribution in [2.24, 2.45) is 0 Å². The Morgan fingerprint density at radius 1 is 1.09 bits per heavy atom. The maximum atomic E-state index is 13.8. The Morgan fingerprint density at radius 3 is 2.26 bits per heavy atom. The van der Waals surface area contributed by atoms with Gasteiger partial charge < -0.3 is 14.5 Å². The predicted molar refractivity (Wildman–Crippen MR) is 140 cm³/mol. The second-order valence-corrected chi connectivity index (χ2v) is 11.6. The van der Waals surface area contributed by atoms with Crippen LogP contribution in [0.4, 0.5) is 25.8 Å². The smallest absolute Gasteiger partial charge is 0.270 e. The second kappa shape index (κ2) is 9.85. The average Bonchev–Trinajstić information content (AvgIpc) is 2.84. The van der Waals surface area contributed by atoms with Crippen molar-refractivity contribution in [2.45, 2.75) is 36.6 Å². The van der Waals surface area contributed by atoms with Gasteiger partial charge in [-0.15, -0.1) is 0 Å². The first-order valence-electron chi connectivity index (χ1n) is 11.5. The number of anilines is 3. The first kappa shape index (κ1) is 25.0. The summed E-state index contributed by atoms with van der Waals surface area (Å²) < 4.78 is 45.4. The van der Waals surface area contributed by atoms with E-state index in [2.05, 4.69) is 20.7 Å². The van der Waals surface area contributed by atoms with E-state index < -0.39 is 15.4 Å². The molecule has 1 aromatic heterocycles. The third-order valence-corrected chi connectivity index (χ3v) is 7.69. The lowest BCUT2D eigenvalue weighted by molar-refractivity contribution is 0.0175. The van der Waals surface area contributed by atoms with Gasteiger partial charge in [-0.3, -0.25) is 9.19 Å². The molecular formula is C27H31F2N3O2S. The van der Waals surface area contributed by atoms with E-state index in [1.165, 1.54) is 12.1 Å². The van der Waals surface area contributed by atoms with Crippen LogP contribution in [0.2, 0.25) is 0 Å². The van der Waals surface area contributed by atoms with Gasteiger partial charge in [0.15, 0.2) is 0 Å². The van der Waals surface area contributed by atoms with E-state index in [0.29, 0.717) is 5.75 Å². The summed E-state index contributed by atoms with van der Waals surface area (Å²) in [5.41, 5.74) is 2.69. The molecule has 5 nitrogen and oxygen atoms in total. The Morgan fingerprint density at radius 2 is 1.71 bits per heavy atom. The monoisotopic (exact) mass is 499 g/mol. The van der Waals surface area contributed by atoms with Crippen molar-refractivity contribution in [2.75, 3.05) is 36.3 Å². The number of aromatic nitrogens is 1. The van der Waals surface area contributed by atoms with Gasteiger partial charge in [-0.25, -0.2) is 8.78 Å². The zero-order valence-corrected chi connectivity index (χ0v) is 21.1. The number of piperidine rings is 1. The molecule has 8 heteroatoms. The van der Waals surface area contributed by atoms with Crippen molar-refractivity contribution in [3.05, 3.63) is 72.6 Å². The van der Waals surface area contributed by atoms with Gasteiger partial charge in [-0.2, -0.15) is 0 Å². The summed E-state index contributed by atoms with van der Waals surface area (Å²) in [6.07, 6.45) is 6.78. The van der Waals surface area contributed by atoms with Crippen LogP contribution in [-0.2, 0) is 15.4 Å². The molecule has 1 fully saturated rings. The fourth-order valence-corrected chi connectivity index (χ4v) is 5.23. The fourth-order valence-electron chi connectivity index (χ4n) is 4.52. The molecule has 2 heterocycles. The quantitative estimate of drug-likeness (QED) is 0.390. The maximum absolute atomic E-state index is 13.8. The van der Waals surface area contributed by atoms with Crippen LogP contribution < -0.4 is 14.5 Å². The molecule has 0 N–H and O–H groups in total. The van der Waals surface area contributed by atoms with E-state index in [4.69, 9.17) is 4.74 Å². The topological polar surface area (TPSA) is 45.7 Å². The molecule has 1 unspecified atom stereocenters. The molecule has 0 radical (unpaired) electrons. The summed E-state index contributed by atoms with van der Waals surface area (Å²) in [5, 5.41) is 0. The van der Waals surface area contributed by atoms with Gasteiger partial charge in [0, 0.05) is 66.4 Å². The lowest BCUT2D eigenvalue weighted by Crippen LogP contribution is -2.43. The molecule has 0 amide bonds. The Balaban J connectivity index is 1.59. The van der Waals surface area contributed by atoms with Gasteiger partial charge >= 0.3 is 0 Å². The Kier molecular flexibility index (Phi) is 7.03. The fraction of sp³-hybridized carbons (Fsp3) is 0.333. The lowest BCUT2D eigenvalue weighted by atomic mass is 10.00. The number of rotatable bonds is 7. The minimum atomic E-state index is -2.89. The number of hydrogen-bond donors (Lipinski definition) is 0. The summed E-state index contributed by atoms with van der Waals surface area (Å²) in [4.78, 5) is 9.50. The Hall–Kier alpha value is -3.13. The molecule has 4 rings (SSSR count). The first-order valence-corrected chi connectivity index (χ1v) is 13.6. The van der Waals surface area contributed by atoms with Crippen molar-refractivity contribution in [3.8, 4) is 5.75 Å². The van der Waals surface area contributed by atoms with Gasteiger partial charge in [0.2, 0.25) is 0 Å². The highest BCUT2D eigenvalue weighted by Gasteiger charge is 2.29. The molecule has 3 aromatic rings. The average molecular weight is 500 g/mol. The predicted octanol–water partition coefficient (Wildman–Crippen LogP) is 5.71. The van der Waals surface area contributed by atoms with Crippen LogP contribution in [0.3, 0.4) is 0 Å². The molecule has 0 spiro atoms. The van der Waals surface area contributed by atoms with Gasteiger partial charge in [0.05, 0.1) is 13.3 Å². The highest BCUT2D eigenvalue weighted by Crippen LogP contribution is 2.39. The first-order chi connectivity index (χ1) is 16.6. The van der Waals surface area contributed by atoms with Crippen LogP contribution in [0, 0.1) is 0 Å². The van der Waals surface area contributed by atoms with E-state index in [1.807, 2.05) is 30.3 Å². The summed E-state index contributed by atoms with van der Waals surface area (Å²) >= 11 is 0. The molecule has 0 aliphatic carbocycles. The van der Waals surface area contributed by atoms with Gasteiger partial charge in [0.25, 0.3) is 5.92 Å². The number of alkyl halides is 2. The molecular weight excluding hydrogens is 468 g/mol. The van der Waals surface area contributed by atoms with Crippen LogP contribution in [0.15, 0.2) is 71.9 Å².